The Balaban J connectivity index is 0.00000216. The fourth-order valence-electron chi connectivity index (χ4n) is 5.57. The van der Waals surface area contributed by atoms with Gasteiger partial charge >= 0.3 is 217 Å². The molecule has 4 heteroatoms. The van der Waals surface area contributed by atoms with E-state index in [-0.39, 0.29) is 41.6 Å². The number of hydrogen-bond acceptors (Lipinski definition) is 0. The Labute approximate surface area is 240 Å². The Bertz CT molecular complexity index is 1000. The first-order valence-corrected chi connectivity index (χ1v) is 20.6. The second kappa shape index (κ2) is 12.1. The molecule has 4 rings (SSSR count). The molecule has 0 amide bonds. The monoisotopic (exact) mass is 603 g/mol. The predicted octanol–water partition coefficient (Wildman–Crippen LogP) is 3.31. The molecule has 1 saturated carbocycles. The quantitative estimate of drug-likeness (QED) is 0.470. The number of halogens is 2. The van der Waals surface area contributed by atoms with Crippen molar-refractivity contribution in [1.29, 1.82) is 0 Å². The molecule has 2 aromatic rings. The normalized spacial score (nSPS) is 18.3. The third-order valence-electron chi connectivity index (χ3n) is 7.58. The zero-order valence-corrected chi connectivity index (χ0v) is 28.0. The van der Waals surface area contributed by atoms with Gasteiger partial charge in [0.25, 0.3) is 0 Å². The first-order valence-electron chi connectivity index (χ1n) is 13.0. The molecule has 2 aliphatic rings. The molecule has 189 valence electrons. The van der Waals surface area contributed by atoms with Crippen molar-refractivity contribution >= 4 is 12.0 Å². The molecule has 0 saturated heterocycles. The summed E-state index contributed by atoms with van der Waals surface area (Å²) in [7, 11) is 0. The molecule has 1 radical (unpaired) electrons. The second-order valence-electron chi connectivity index (χ2n) is 12.7. The molecule has 0 N–H and O–H groups in total. The van der Waals surface area contributed by atoms with Gasteiger partial charge in [0.15, 0.2) is 0 Å². The molecule has 0 aromatic heterocycles. The van der Waals surface area contributed by atoms with Crippen LogP contribution in [0.5, 0.6) is 0 Å². The van der Waals surface area contributed by atoms with Crippen LogP contribution in [0.4, 0.5) is 0 Å². The average molecular weight is 606 g/mol. The van der Waals surface area contributed by atoms with E-state index in [1.165, 1.54) is 54.4 Å². The minimum Gasteiger partial charge on any atom is -1.00 e. The van der Waals surface area contributed by atoms with Crippen LogP contribution in [0.1, 0.15) is 99.5 Å². The molecular weight excluding hydrogens is 563 g/mol. The van der Waals surface area contributed by atoms with Crippen LogP contribution >= 0.6 is 0 Å². The summed E-state index contributed by atoms with van der Waals surface area (Å²) in [5.41, 5.74) is 11.2. The van der Waals surface area contributed by atoms with E-state index in [1.54, 1.807) is 11.1 Å². The summed E-state index contributed by atoms with van der Waals surface area (Å²) in [6, 6.07) is 14.7. The van der Waals surface area contributed by atoms with Gasteiger partial charge in [-0.2, -0.15) is 0 Å². The maximum Gasteiger partial charge on any atom is -1.00 e. The minimum atomic E-state index is -0.432. The molecular formula is C31H43Cl2SiZr. The molecule has 2 aliphatic carbocycles. The van der Waals surface area contributed by atoms with Crippen molar-refractivity contribution in [2.45, 2.75) is 101 Å². The van der Waals surface area contributed by atoms with E-state index in [4.69, 9.17) is 0 Å². The summed E-state index contributed by atoms with van der Waals surface area (Å²) in [6.45, 7) is 19.2. The van der Waals surface area contributed by atoms with Crippen LogP contribution in [0, 0.1) is 5.92 Å². The largest absolute Gasteiger partial charge is 1.00 e. The maximum absolute atomic E-state index is 2.69. The Morgan fingerprint density at radius 3 is 1.89 bits per heavy atom. The smallest absolute Gasteiger partial charge is 1.00 e. The molecule has 1 fully saturated rings. The van der Waals surface area contributed by atoms with Crippen molar-refractivity contribution in [1.82, 2.24) is 0 Å². The fraction of sp³-hybridized carbons (Fsp3) is 0.548. The zero-order chi connectivity index (χ0) is 24.0. The van der Waals surface area contributed by atoms with E-state index in [1.807, 2.05) is 5.57 Å². The summed E-state index contributed by atoms with van der Waals surface area (Å²) in [4.78, 5) is 0. The molecule has 0 bridgehead atoms. The van der Waals surface area contributed by atoms with Crippen molar-refractivity contribution in [2.75, 3.05) is 0 Å². The molecule has 0 heterocycles. The standard InChI is InChI=1S/C29H37.C2H6Si.2ClH.Zr/c1-28(2,3)24-16-23(17-25(19-24)29(4,5)6)26-14-10-13-21-15-22(18-27(21)26)20-11-8-7-9-12-20;1-3-2;;;/h10,13-20H,7-9,11-12H2,1-6H3;1-2H3;2*1H;/q;;;;+2/p-2. The number of rotatable bonds is 4. The molecule has 0 spiro atoms. The van der Waals surface area contributed by atoms with E-state index in [0.717, 1.165) is 9.54 Å². The van der Waals surface area contributed by atoms with E-state index in [9.17, 15) is 0 Å². The van der Waals surface area contributed by atoms with Crippen LogP contribution in [0.2, 0.25) is 13.1 Å². The topological polar surface area (TPSA) is 0 Å². The van der Waals surface area contributed by atoms with Crippen LogP contribution in [0.15, 0.2) is 42.0 Å². The zero-order valence-electron chi connectivity index (χ0n) is 23.0. The van der Waals surface area contributed by atoms with Crippen molar-refractivity contribution in [3.63, 3.8) is 0 Å². The SMILES string of the molecule is C[Si](C)[Zr+2][CH]1C(C2CCCCC2)=Cc2c(-c3cc(C(C)(C)C)cc(C(C)(C)C)c3)cccc21.[Cl-].[Cl-]. The first kappa shape index (κ1) is 31.1. The molecule has 0 aliphatic heterocycles. The minimum absolute atomic E-state index is 0. The van der Waals surface area contributed by atoms with Crippen LogP contribution in [0.3, 0.4) is 0 Å². The molecule has 35 heavy (non-hydrogen) atoms. The Hall–Kier alpha value is -0.140. The first-order chi connectivity index (χ1) is 15.4. The van der Waals surface area contributed by atoms with Gasteiger partial charge in [-0.3, -0.25) is 0 Å². The molecule has 0 nitrogen and oxygen atoms in total. The van der Waals surface area contributed by atoms with E-state index < -0.39 is 22.4 Å². The number of benzene rings is 2. The summed E-state index contributed by atoms with van der Waals surface area (Å²) >= 11 is -0.432. The van der Waals surface area contributed by atoms with Crippen LogP contribution in [-0.2, 0) is 33.2 Å². The Morgan fingerprint density at radius 2 is 1.37 bits per heavy atom. The molecule has 2 aromatic carbocycles. The van der Waals surface area contributed by atoms with Gasteiger partial charge in [0, 0.05) is 0 Å². The van der Waals surface area contributed by atoms with Gasteiger partial charge in [0.2, 0.25) is 0 Å². The summed E-state index contributed by atoms with van der Waals surface area (Å²) < 4.78 is 0.823. The van der Waals surface area contributed by atoms with Gasteiger partial charge in [-0.25, -0.2) is 0 Å². The fourth-order valence-corrected chi connectivity index (χ4v) is 14.5. The van der Waals surface area contributed by atoms with Gasteiger partial charge in [-0.15, -0.1) is 0 Å². The van der Waals surface area contributed by atoms with Crippen molar-refractivity contribution in [3.05, 3.63) is 64.2 Å². The van der Waals surface area contributed by atoms with E-state index in [0.29, 0.717) is 0 Å². The van der Waals surface area contributed by atoms with E-state index >= 15 is 0 Å². The van der Waals surface area contributed by atoms with Crippen molar-refractivity contribution < 1.29 is 47.2 Å². The van der Waals surface area contributed by atoms with Crippen LogP contribution in [-0.4, -0.2) is 5.92 Å². The van der Waals surface area contributed by atoms with Gasteiger partial charge in [0.1, 0.15) is 0 Å². The van der Waals surface area contributed by atoms with E-state index in [2.05, 4.69) is 97.1 Å². The Kier molecular flexibility index (Phi) is 10.8. The van der Waals surface area contributed by atoms with Gasteiger partial charge in [0.05, 0.1) is 0 Å². The average Bonchev–Trinajstić information content (AvgIpc) is 3.11. The Morgan fingerprint density at radius 1 is 0.800 bits per heavy atom. The van der Waals surface area contributed by atoms with Crippen molar-refractivity contribution in [3.8, 4) is 11.1 Å². The number of fused-ring (bicyclic) bond motifs is 1. The number of allylic oxidation sites excluding steroid dienone is 1. The van der Waals surface area contributed by atoms with Gasteiger partial charge in [-0.05, 0) is 0 Å². The molecule has 1 atom stereocenters. The van der Waals surface area contributed by atoms with Crippen LogP contribution < -0.4 is 24.8 Å². The third kappa shape index (κ3) is 7.04. The van der Waals surface area contributed by atoms with Gasteiger partial charge < -0.3 is 24.8 Å². The summed E-state index contributed by atoms with van der Waals surface area (Å²) in [6.07, 6.45) is 9.85. The summed E-state index contributed by atoms with van der Waals surface area (Å²) in [5.74, 6) is 0.716. The summed E-state index contributed by atoms with van der Waals surface area (Å²) in [5, 5.41) is 0. The van der Waals surface area contributed by atoms with Gasteiger partial charge in [-0.1, -0.05) is 0 Å². The predicted molar refractivity (Wildman–Crippen MR) is 144 cm³/mol. The van der Waals surface area contributed by atoms with Crippen LogP contribution in [0.25, 0.3) is 17.2 Å². The number of hydrogen-bond donors (Lipinski definition) is 0. The maximum atomic E-state index is 2.69. The third-order valence-corrected chi connectivity index (χ3v) is 16.4. The second-order valence-corrected chi connectivity index (χ2v) is 25.9. The molecule has 1 unspecified atom stereocenters. The van der Waals surface area contributed by atoms with Crippen molar-refractivity contribution in [2.24, 2.45) is 5.92 Å².